The molecule has 0 N–H and O–H groups in total. The lowest BCUT2D eigenvalue weighted by Crippen LogP contribution is -2.28. The molecule has 0 aliphatic carbocycles. The molecular formula is C19H10Cl2FN3O2S. The van der Waals surface area contributed by atoms with E-state index in [2.05, 4.69) is 10.1 Å². The van der Waals surface area contributed by atoms with Crippen LogP contribution >= 0.6 is 34.5 Å². The van der Waals surface area contributed by atoms with Gasteiger partial charge in [0.15, 0.2) is 0 Å². The van der Waals surface area contributed by atoms with Gasteiger partial charge in [-0.3, -0.25) is 9.59 Å². The van der Waals surface area contributed by atoms with Crippen molar-refractivity contribution in [1.29, 1.82) is 0 Å². The summed E-state index contributed by atoms with van der Waals surface area (Å²) in [7, 11) is 0. The largest absolute Gasteiger partial charge is 0.296 e. The number of hydrogen-bond acceptors (Lipinski definition) is 5. The van der Waals surface area contributed by atoms with E-state index in [0.29, 0.717) is 25.7 Å². The van der Waals surface area contributed by atoms with Crippen LogP contribution in [0.5, 0.6) is 0 Å². The number of benzene rings is 2. The van der Waals surface area contributed by atoms with Gasteiger partial charge in [-0.1, -0.05) is 52.7 Å². The maximum absolute atomic E-state index is 13.0. The van der Waals surface area contributed by atoms with Gasteiger partial charge in [0, 0.05) is 6.42 Å². The fourth-order valence-corrected chi connectivity index (χ4v) is 3.81. The van der Waals surface area contributed by atoms with Gasteiger partial charge in [-0.25, -0.2) is 4.39 Å². The van der Waals surface area contributed by atoms with Crippen molar-refractivity contribution in [2.75, 3.05) is 0 Å². The average Bonchev–Trinajstić information content (AvgIpc) is 2.95. The average molecular weight is 434 g/mol. The van der Waals surface area contributed by atoms with Gasteiger partial charge in [0.1, 0.15) is 11.5 Å². The van der Waals surface area contributed by atoms with E-state index in [1.807, 2.05) is 0 Å². The Morgan fingerprint density at radius 3 is 2.54 bits per heavy atom. The van der Waals surface area contributed by atoms with Crippen LogP contribution in [0.2, 0.25) is 10.0 Å². The molecule has 0 aliphatic heterocycles. The summed E-state index contributed by atoms with van der Waals surface area (Å²) >= 11 is 13.0. The molecule has 0 saturated carbocycles. The van der Waals surface area contributed by atoms with Crippen LogP contribution in [-0.2, 0) is 6.42 Å². The second kappa shape index (κ2) is 7.43. The van der Waals surface area contributed by atoms with E-state index in [9.17, 15) is 14.0 Å². The van der Waals surface area contributed by atoms with Crippen molar-refractivity contribution in [3.63, 3.8) is 0 Å². The molecule has 0 amide bonds. The Labute approximate surface area is 171 Å². The Bertz CT molecular complexity index is 1370. The van der Waals surface area contributed by atoms with Gasteiger partial charge in [-0.15, -0.1) is 0 Å². The normalized spacial score (nSPS) is 12.0. The molecule has 2 aromatic heterocycles. The Morgan fingerprint density at radius 2 is 1.82 bits per heavy atom. The van der Waals surface area contributed by atoms with Gasteiger partial charge in [0.25, 0.3) is 11.1 Å². The number of nitrogens with zero attached hydrogens (tertiary/aromatic N) is 3. The molecule has 0 fully saturated rings. The molecule has 2 aromatic carbocycles. The number of thiazole rings is 1. The second-order valence-corrected chi connectivity index (χ2v) is 7.77. The first-order chi connectivity index (χ1) is 13.4. The van der Waals surface area contributed by atoms with Crippen LogP contribution in [0.15, 0.2) is 52.1 Å². The lowest BCUT2D eigenvalue weighted by atomic mass is 10.1. The van der Waals surface area contributed by atoms with Gasteiger partial charge in [-0.2, -0.15) is 14.6 Å². The highest BCUT2D eigenvalue weighted by atomic mass is 35.5. The van der Waals surface area contributed by atoms with Crippen molar-refractivity contribution in [2.45, 2.75) is 6.42 Å². The molecule has 140 valence electrons. The zero-order valence-electron chi connectivity index (χ0n) is 14.0. The fraction of sp³-hybridized carbons (Fsp3) is 0.0526. The van der Waals surface area contributed by atoms with Crippen LogP contribution in [0, 0.1) is 5.82 Å². The molecule has 0 aliphatic rings. The van der Waals surface area contributed by atoms with E-state index >= 15 is 0 Å². The van der Waals surface area contributed by atoms with Crippen LogP contribution in [0.1, 0.15) is 16.8 Å². The molecule has 0 unspecified atom stereocenters. The maximum Gasteiger partial charge on any atom is 0.296 e. The number of halogens is 3. The Morgan fingerprint density at radius 1 is 1.07 bits per heavy atom. The predicted octanol–water partition coefficient (Wildman–Crippen LogP) is 3.10. The molecule has 4 aromatic rings. The number of fused-ring (bicyclic) bond motifs is 1. The molecule has 0 atom stereocenters. The summed E-state index contributed by atoms with van der Waals surface area (Å²) in [4.78, 5) is 29.1. The van der Waals surface area contributed by atoms with Crippen molar-refractivity contribution < 1.29 is 4.39 Å². The Balaban J connectivity index is 1.79. The minimum atomic E-state index is -0.522. The van der Waals surface area contributed by atoms with E-state index in [1.54, 1.807) is 36.4 Å². The Kier molecular flexibility index (Phi) is 4.97. The van der Waals surface area contributed by atoms with E-state index in [-0.39, 0.29) is 28.5 Å². The van der Waals surface area contributed by atoms with Gasteiger partial charge < -0.3 is 0 Å². The van der Waals surface area contributed by atoms with Crippen molar-refractivity contribution in [1.82, 2.24) is 14.6 Å². The highest BCUT2D eigenvalue weighted by Gasteiger charge is 2.12. The summed E-state index contributed by atoms with van der Waals surface area (Å²) in [5, 5.41) is 4.95. The summed E-state index contributed by atoms with van der Waals surface area (Å²) in [5.74, 6) is -0.371. The molecular weight excluding hydrogens is 424 g/mol. The van der Waals surface area contributed by atoms with Gasteiger partial charge in [0.05, 0.1) is 14.6 Å². The van der Waals surface area contributed by atoms with Crippen molar-refractivity contribution in [3.05, 3.63) is 100 Å². The van der Waals surface area contributed by atoms with E-state index in [1.165, 1.54) is 12.1 Å². The first-order valence-corrected chi connectivity index (χ1v) is 9.62. The number of hydrogen-bond donors (Lipinski definition) is 0. The molecule has 2 heterocycles. The monoisotopic (exact) mass is 433 g/mol. The van der Waals surface area contributed by atoms with Gasteiger partial charge in [-0.05, 0) is 41.5 Å². The number of aromatic nitrogens is 3. The lowest BCUT2D eigenvalue weighted by molar-refractivity contribution is 0.627. The molecule has 28 heavy (non-hydrogen) atoms. The third-order valence-electron chi connectivity index (χ3n) is 3.98. The third kappa shape index (κ3) is 3.69. The predicted molar refractivity (Wildman–Crippen MR) is 108 cm³/mol. The fourth-order valence-electron chi connectivity index (χ4n) is 2.60. The molecule has 0 spiro atoms. The topological polar surface area (TPSA) is 64.3 Å². The molecule has 0 bridgehead atoms. The number of rotatable bonds is 3. The first kappa shape index (κ1) is 18.7. The zero-order chi connectivity index (χ0) is 19.8. The summed E-state index contributed by atoms with van der Waals surface area (Å²) in [5.41, 5.74) is 0.580. The quantitative estimate of drug-likeness (QED) is 0.497. The third-order valence-corrected chi connectivity index (χ3v) is 5.67. The molecule has 0 saturated heterocycles. The summed E-state index contributed by atoms with van der Waals surface area (Å²) in [6.07, 6.45) is 1.78. The molecule has 4 rings (SSSR count). The van der Waals surface area contributed by atoms with Crippen molar-refractivity contribution >= 4 is 45.6 Å². The molecule has 0 radical (unpaired) electrons. The van der Waals surface area contributed by atoms with Crippen molar-refractivity contribution in [2.24, 2.45) is 0 Å². The smallest absolute Gasteiger partial charge is 0.266 e. The lowest BCUT2D eigenvalue weighted by Gasteiger charge is -2.00. The van der Waals surface area contributed by atoms with Gasteiger partial charge in [0.2, 0.25) is 4.96 Å². The van der Waals surface area contributed by atoms with E-state index in [0.717, 1.165) is 15.9 Å². The maximum atomic E-state index is 13.0. The van der Waals surface area contributed by atoms with Crippen LogP contribution in [0.4, 0.5) is 4.39 Å². The van der Waals surface area contributed by atoms with Crippen LogP contribution < -0.4 is 15.7 Å². The Hall–Kier alpha value is -2.61. The second-order valence-electron chi connectivity index (χ2n) is 5.95. The summed E-state index contributed by atoms with van der Waals surface area (Å²) < 4.78 is 14.5. The minimum Gasteiger partial charge on any atom is -0.266 e. The highest BCUT2D eigenvalue weighted by molar-refractivity contribution is 7.15. The van der Waals surface area contributed by atoms with Crippen molar-refractivity contribution in [3.8, 4) is 0 Å². The van der Waals surface area contributed by atoms with Crippen LogP contribution in [-0.4, -0.2) is 14.6 Å². The standard InChI is InChI=1S/C19H10Cl2FN3O2S/c20-13-6-3-11(7-14(13)21)9-16-18(27)25-19(28-16)23-17(26)15(24-25)8-10-1-4-12(22)5-2-10/h1-7,9H,8H2/b16-9-. The van der Waals surface area contributed by atoms with Crippen LogP contribution in [0.3, 0.4) is 0 Å². The van der Waals surface area contributed by atoms with Crippen LogP contribution in [0.25, 0.3) is 11.0 Å². The molecule has 5 nitrogen and oxygen atoms in total. The highest BCUT2D eigenvalue weighted by Crippen LogP contribution is 2.22. The van der Waals surface area contributed by atoms with E-state index in [4.69, 9.17) is 23.2 Å². The first-order valence-electron chi connectivity index (χ1n) is 8.05. The summed E-state index contributed by atoms with van der Waals surface area (Å²) in [6, 6.07) is 10.7. The zero-order valence-corrected chi connectivity index (χ0v) is 16.4. The minimum absolute atomic E-state index is 0.111. The molecule has 9 heteroatoms. The van der Waals surface area contributed by atoms with Gasteiger partial charge >= 0.3 is 0 Å². The summed E-state index contributed by atoms with van der Waals surface area (Å²) in [6.45, 7) is 0. The SMILES string of the molecule is O=c1nc2s/c(=C\c3ccc(Cl)c(Cl)c3)c(=O)n2nc1Cc1ccc(F)cc1. The van der Waals surface area contributed by atoms with E-state index < -0.39 is 5.56 Å².